The van der Waals surface area contributed by atoms with E-state index in [-0.39, 0.29) is 35.2 Å². The standard InChI is InChI=1S/C26H27FN6O3/c1-26(2,3)21(24-30-31-25(36-24)29-22(34)16-10-11-16)28-23(35)20-18-6-4-5-7-19(18)33(32-20)14-15-8-12-17(27)13-9-15/h4-9,12-13,16,21H,10-11,14H2,1-3H3,(H,28,35)(H,29,31,34). The Balaban J connectivity index is 1.41. The molecule has 4 aromatic rings. The first-order valence-corrected chi connectivity index (χ1v) is 11.8. The molecule has 5 rings (SSSR count). The molecule has 0 radical (unpaired) electrons. The molecule has 186 valence electrons. The second-order valence-corrected chi connectivity index (χ2v) is 10.1. The molecule has 0 bridgehead atoms. The SMILES string of the molecule is CC(C)(C)C(NC(=O)c1nn(Cc2ccc(F)cc2)c2ccccc12)c1nnc(NC(=O)C2CC2)o1. The zero-order valence-electron chi connectivity index (χ0n) is 20.3. The van der Waals surface area contributed by atoms with Crippen molar-refractivity contribution >= 4 is 28.7 Å². The predicted octanol–water partition coefficient (Wildman–Crippen LogP) is 4.47. The Labute approximate surface area is 207 Å². The van der Waals surface area contributed by atoms with Crippen LogP contribution in [0.15, 0.2) is 52.9 Å². The van der Waals surface area contributed by atoms with Gasteiger partial charge in [0, 0.05) is 11.3 Å². The Morgan fingerprint density at radius 3 is 2.53 bits per heavy atom. The Morgan fingerprint density at radius 2 is 1.83 bits per heavy atom. The van der Waals surface area contributed by atoms with Crippen molar-refractivity contribution in [2.75, 3.05) is 5.32 Å². The van der Waals surface area contributed by atoms with Crippen LogP contribution in [-0.2, 0) is 11.3 Å². The lowest BCUT2D eigenvalue weighted by Gasteiger charge is -2.28. The van der Waals surface area contributed by atoms with E-state index >= 15 is 0 Å². The van der Waals surface area contributed by atoms with Crippen molar-refractivity contribution < 1.29 is 18.4 Å². The van der Waals surface area contributed by atoms with Crippen molar-refractivity contribution in [2.24, 2.45) is 11.3 Å². The summed E-state index contributed by atoms with van der Waals surface area (Å²) in [7, 11) is 0. The fourth-order valence-corrected chi connectivity index (χ4v) is 3.98. The first-order valence-electron chi connectivity index (χ1n) is 11.8. The summed E-state index contributed by atoms with van der Waals surface area (Å²) in [6.07, 6.45) is 1.71. The molecular weight excluding hydrogens is 463 g/mol. The Hall–Kier alpha value is -4.08. The number of nitrogens with zero attached hydrogens (tertiary/aromatic N) is 4. The number of carbonyl (C=O) groups is 2. The zero-order chi connectivity index (χ0) is 25.4. The van der Waals surface area contributed by atoms with E-state index in [2.05, 4.69) is 25.9 Å². The third-order valence-electron chi connectivity index (χ3n) is 6.13. The minimum absolute atomic E-state index is 0.00299. The molecule has 2 heterocycles. The molecule has 1 atom stereocenters. The van der Waals surface area contributed by atoms with Gasteiger partial charge in [-0.3, -0.25) is 19.6 Å². The number of benzene rings is 2. The van der Waals surface area contributed by atoms with E-state index < -0.39 is 17.4 Å². The second-order valence-electron chi connectivity index (χ2n) is 10.1. The van der Waals surface area contributed by atoms with E-state index in [0.29, 0.717) is 11.9 Å². The van der Waals surface area contributed by atoms with Crippen LogP contribution in [0.25, 0.3) is 10.9 Å². The summed E-state index contributed by atoms with van der Waals surface area (Å²) in [5, 5.41) is 18.9. The van der Waals surface area contributed by atoms with E-state index in [0.717, 1.165) is 23.9 Å². The molecule has 9 nitrogen and oxygen atoms in total. The maximum absolute atomic E-state index is 13.5. The number of carbonyl (C=O) groups excluding carboxylic acids is 2. The summed E-state index contributed by atoms with van der Waals surface area (Å²) in [4.78, 5) is 25.5. The number of para-hydroxylation sites is 1. The van der Waals surface area contributed by atoms with Crippen molar-refractivity contribution in [3.8, 4) is 0 Å². The Morgan fingerprint density at radius 1 is 1.11 bits per heavy atom. The highest BCUT2D eigenvalue weighted by Crippen LogP contribution is 2.34. The highest BCUT2D eigenvalue weighted by Gasteiger charge is 2.35. The minimum Gasteiger partial charge on any atom is -0.406 e. The number of anilines is 1. The molecule has 1 saturated carbocycles. The second kappa shape index (κ2) is 9.18. The summed E-state index contributed by atoms with van der Waals surface area (Å²) in [5.41, 5.74) is 1.41. The van der Waals surface area contributed by atoms with Crippen molar-refractivity contribution in [3.05, 3.63) is 71.5 Å². The van der Waals surface area contributed by atoms with Gasteiger partial charge in [-0.25, -0.2) is 4.39 Å². The van der Waals surface area contributed by atoms with Gasteiger partial charge >= 0.3 is 6.01 Å². The van der Waals surface area contributed by atoms with Crippen LogP contribution in [0, 0.1) is 17.2 Å². The molecule has 1 unspecified atom stereocenters. The lowest BCUT2D eigenvalue weighted by molar-refractivity contribution is -0.117. The largest absolute Gasteiger partial charge is 0.406 e. The van der Waals surface area contributed by atoms with E-state index in [1.807, 2.05) is 45.0 Å². The van der Waals surface area contributed by atoms with Gasteiger partial charge < -0.3 is 9.73 Å². The van der Waals surface area contributed by atoms with Gasteiger partial charge in [0.25, 0.3) is 5.91 Å². The van der Waals surface area contributed by atoms with E-state index in [4.69, 9.17) is 4.42 Å². The zero-order valence-corrected chi connectivity index (χ0v) is 20.3. The van der Waals surface area contributed by atoms with Crippen molar-refractivity contribution in [1.29, 1.82) is 0 Å². The number of nitrogens with one attached hydrogen (secondary N) is 2. The van der Waals surface area contributed by atoms with Crippen LogP contribution in [0.2, 0.25) is 0 Å². The molecule has 1 aliphatic carbocycles. The minimum atomic E-state index is -0.634. The summed E-state index contributed by atoms with van der Waals surface area (Å²) >= 11 is 0. The first-order chi connectivity index (χ1) is 17.2. The van der Waals surface area contributed by atoms with Gasteiger partial charge in [-0.2, -0.15) is 5.10 Å². The van der Waals surface area contributed by atoms with Crippen LogP contribution in [0.4, 0.5) is 10.4 Å². The van der Waals surface area contributed by atoms with Gasteiger partial charge in [-0.15, -0.1) is 5.10 Å². The molecule has 2 aromatic heterocycles. The number of halogens is 1. The lowest BCUT2D eigenvalue weighted by atomic mass is 9.86. The summed E-state index contributed by atoms with van der Waals surface area (Å²) < 4.78 is 20.8. The fourth-order valence-electron chi connectivity index (χ4n) is 3.98. The van der Waals surface area contributed by atoms with Crippen molar-refractivity contribution in [3.63, 3.8) is 0 Å². The van der Waals surface area contributed by atoms with Crippen LogP contribution in [0.1, 0.15) is 61.6 Å². The van der Waals surface area contributed by atoms with Gasteiger partial charge in [-0.1, -0.05) is 56.2 Å². The number of hydrogen-bond acceptors (Lipinski definition) is 6. The highest BCUT2D eigenvalue weighted by atomic mass is 19.1. The first kappa shape index (κ1) is 23.7. The molecule has 0 saturated heterocycles. The Kier molecular flexibility index (Phi) is 6.03. The monoisotopic (exact) mass is 490 g/mol. The third-order valence-corrected chi connectivity index (χ3v) is 6.13. The predicted molar refractivity (Wildman–Crippen MR) is 131 cm³/mol. The number of amides is 2. The topological polar surface area (TPSA) is 115 Å². The van der Waals surface area contributed by atoms with E-state index in [1.54, 1.807) is 16.8 Å². The van der Waals surface area contributed by atoms with Crippen LogP contribution in [0.3, 0.4) is 0 Å². The molecule has 1 aliphatic rings. The number of hydrogen-bond donors (Lipinski definition) is 2. The quantitative estimate of drug-likeness (QED) is 0.395. The van der Waals surface area contributed by atoms with Crippen molar-refractivity contribution in [2.45, 2.75) is 46.2 Å². The lowest BCUT2D eigenvalue weighted by Crippen LogP contribution is -2.37. The summed E-state index contributed by atoms with van der Waals surface area (Å²) in [6, 6.07) is 13.0. The normalized spacial score (nSPS) is 14.6. The molecule has 2 amide bonds. The summed E-state index contributed by atoms with van der Waals surface area (Å²) in [6.45, 7) is 6.20. The average Bonchev–Trinajstić information content (AvgIpc) is 3.50. The molecule has 2 aromatic carbocycles. The van der Waals surface area contributed by atoms with Gasteiger partial charge in [-0.05, 0) is 42.0 Å². The Bertz CT molecular complexity index is 1420. The smallest absolute Gasteiger partial charge is 0.322 e. The van der Waals surface area contributed by atoms with Gasteiger partial charge in [0.2, 0.25) is 11.8 Å². The van der Waals surface area contributed by atoms with E-state index in [1.165, 1.54) is 12.1 Å². The van der Waals surface area contributed by atoms with Crippen LogP contribution >= 0.6 is 0 Å². The van der Waals surface area contributed by atoms with Gasteiger partial charge in [0.1, 0.15) is 11.9 Å². The van der Waals surface area contributed by atoms with Crippen LogP contribution < -0.4 is 10.6 Å². The van der Waals surface area contributed by atoms with Crippen molar-refractivity contribution in [1.82, 2.24) is 25.3 Å². The van der Waals surface area contributed by atoms with Crippen LogP contribution in [-0.4, -0.2) is 31.8 Å². The molecule has 0 aliphatic heterocycles. The fraction of sp³-hybridized carbons (Fsp3) is 0.346. The molecular formula is C26H27FN6O3. The maximum Gasteiger partial charge on any atom is 0.322 e. The third kappa shape index (κ3) is 4.98. The average molecular weight is 491 g/mol. The molecule has 36 heavy (non-hydrogen) atoms. The van der Waals surface area contributed by atoms with Crippen LogP contribution in [0.5, 0.6) is 0 Å². The molecule has 2 N–H and O–H groups in total. The molecule has 0 spiro atoms. The van der Waals surface area contributed by atoms with Gasteiger partial charge in [0.15, 0.2) is 5.69 Å². The van der Waals surface area contributed by atoms with Gasteiger partial charge in [0.05, 0.1) is 12.1 Å². The molecule has 10 heteroatoms. The highest BCUT2D eigenvalue weighted by molar-refractivity contribution is 6.05. The number of aromatic nitrogens is 4. The maximum atomic E-state index is 13.5. The number of fused-ring (bicyclic) bond motifs is 1. The van der Waals surface area contributed by atoms with E-state index in [9.17, 15) is 14.0 Å². The summed E-state index contributed by atoms with van der Waals surface area (Å²) in [5.74, 6) is -0.659. The molecule has 1 fully saturated rings. The number of rotatable bonds is 7.